The Morgan fingerprint density at radius 3 is 3.10 bits per heavy atom. The van der Waals surface area contributed by atoms with Crippen LogP contribution in [0.1, 0.15) is 47.3 Å². The average molecular weight is 272 g/mol. The monoisotopic (exact) mass is 272 g/mol. The Bertz CT molecular complexity index is 640. The first-order valence-corrected chi connectivity index (χ1v) is 6.70. The van der Waals surface area contributed by atoms with Gasteiger partial charge in [-0.3, -0.25) is 9.89 Å². The van der Waals surface area contributed by atoms with Gasteiger partial charge in [-0.1, -0.05) is 0 Å². The highest BCUT2D eigenvalue weighted by molar-refractivity contribution is 5.99. The molecule has 0 saturated heterocycles. The van der Waals surface area contributed by atoms with Crippen molar-refractivity contribution in [3.8, 4) is 0 Å². The Morgan fingerprint density at radius 2 is 2.30 bits per heavy atom. The standard InChI is InChI=1S/C14H16N4O2/c1-9(12-7-4-8-20-12)15-18-14(19)13-10-5-2-3-6-11(10)16-17-13/h4,7-8H,2-3,5-6H2,1H3,(H,16,17)(H,18,19). The Hall–Kier alpha value is -2.37. The summed E-state index contributed by atoms with van der Waals surface area (Å²) in [5, 5.41) is 11.1. The fraction of sp³-hybridized carbons (Fsp3) is 0.357. The van der Waals surface area contributed by atoms with Crippen molar-refractivity contribution < 1.29 is 9.21 Å². The van der Waals surface area contributed by atoms with Crippen molar-refractivity contribution >= 4 is 11.6 Å². The zero-order valence-electron chi connectivity index (χ0n) is 11.3. The number of hydrogen-bond donors (Lipinski definition) is 2. The summed E-state index contributed by atoms with van der Waals surface area (Å²) in [6, 6.07) is 3.57. The van der Waals surface area contributed by atoms with Crippen LogP contribution in [-0.4, -0.2) is 21.8 Å². The summed E-state index contributed by atoms with van der Waals surface area (Å²) in [6.07, 6.45) is 5.67. The maximum absolute atomic E-state index is 12.1. The fourth-order valence-corrected chi connectivity index (χ4v) is 2.40. The summed E-state index contributed by atoms with van der Waals surface area (Å²) in [5.74, 6) is 0.352. The zero-order chi connectivity index (χ0) is 13.9. The number of hydrogen-bond acceptors (Lipinski definition) is 4. The number of aromatic amines is 1. The second-order valence-electron chi connectivity index (χ2n) is 4.85. The quantitative estimate of drug-likeness (QED) is 0.662. The number of hydrazone groups is 1. The first kappa shape index (κ1) is 12.7. The number of carbonyl (C=O) groups is 1. The van der Waals surface area contributed by atoms with E-state index in [1.54, 1.807) is 25.3 Å². The summed E-state index contributed by atoms with van der Waals surface area (Å²) in [4.78, 5) is 12.1. The molecule has 6 heteroatoms. The van der Waals surface area contributed by atoms with Gasteiger partial charge in [0.25, 0.3) is 5.91 Å². The predicted octanol–water partition coefficient (Wildman–Crippen LogP) is 2.04. The molecular formula is C14H16N4O2. The van der Waals surface area contributed by atoms with Crippen LogP contribution in [-0.2, 0) is 12.8 Å². The average Bonchev–Trinajstić information content (AvgIpc) is 3.13. The van der Waals surface area contributed by atoms with E-state index in [0.717, 1.165) is 36.9 Å². The van der Waals surface area contributed by atoms with Crippen LogP contribution in [0.25, 0.3) is 0 Å². The van der Waals surface area contributed by atoms with Crippen molar-refractivity contribution in [3.05, 3.63) is 41.1 Å². The summed E-state index contributed by atoms with van der Waals surface area (Å²) in [6.45, 7) is 1.78. The van der Waals surface area contributed by atoms with Crippen LogP contribution in [0, 0.1) is 0 Å². The molecule has 0 atom stereocenters. The highest BCUT2D eigenvalue weighted by atomic mass is 16.3. The van der Waals surface area contributed by atoms with Gasteiger partial charge in [0.2, 0.25) is 0 Å². The van der Waals surface area contributed by atoms with Gasteiger partial charge in [0.05, 0.1) is 6.26 Å². The van der Waals surface area contributed by atoms with Gasteiger partial charge in [0.1, 0.15) is 11.5 Å². The molecule has 0 spiro atoms. The molecule has 1 amide bonds. The lowest BCUT2D eigenvalue weighted by atomic mass is 9.96. The van der Waals surface area contributed by atoms with E-state index in [2.05, 4.69) is 20.7 Å². The molecule has 6 nitrogen and oxygen atoms in total. The molecule has 0 bridgehead atoms. The molecule has 2 N–H and O–H groups in total. The van der Waals surface area contributed by atoms with Gasteiger partial charge in [-0.05, 0) is 44.7 Å². The normalized spacial score (nSPS) is 14.9. The smallest absolute Gasteiger partial charge is 0.292 e. The first-order chi connectivity index (χ1) is 9.75. The maximum atomic E-state index is 12.1. The topological polar surface area (TPSA) is 83.3 Å². The molecule has 2 aromatic rings. The number of amides is 1. The van der Waals surface area contributed by atoms with E-state index in [9.17, 15) is 4.79 Å². The zero-order valence-corrected chi connectivity index (χ0v) is 11.3. The maximum Gasteiger partial charge on any atom is 0.292 e. The Morgan fingerprint density at radius 1 is 1.45 bits per heavy atom. The summed E-state index contributed by atoms with van der Waals surface area (Å²) in [5.41, 5.74) is 5.71. The molecular weight excluding hydrogens is 256 g/mol. The Labute approximate surface area is 116 Å². The summed E-state index contributed by atoms with van der Waals surface area (Å²) in [7, 11) is 0. The van der Waals surface area contributed by atoms with Gasteiger partial charge in [-0.2, -0.15) is 10.2 Å². The van der Waals surface area contributed by atoms with Crippen molar-refractivity contribution in [2.24, 2.45) is 5.10 Å². The van der Waals surface area contributed by atoms with Crippen LogP contribution < -0.4 is 5.43 Å². The van der Waals surface area contributed by atoms with Gasteiger partial charge in [0, 0.05) is 11.3 Å². The molecule has 0 unspecified atom stereocenters. The largest absolute Gasteiger partial charge is 0.463 e. The van der Waals surface area contributed by atoms with Gasteiger partial charge in [0.15, 0.2) is 5.69 Å². The van der Waals surface area contributed by atoms with Crippen LogP contribution >= 0.6 is 0 Å². The molecule has 0 radical (unpaired) electrons. The van der Waals surface area contributed by atoms with Crippen LogP contribution in [0.5, 0.6) is 0 Å². The number of nitrogens with one attached hydrogen (secondary N) is 2. The Balaban J connectivity index is 1.74. The minimum atomic E-state index is -0.282. The number of nitrogens with zero attached hydrogens (tertiary/aromatic N) is 2. The van der Waals surface area contributed by atoms with Crippen molar-refractivity contribution in [2.75, 3.05) is 0 Å². The molecule has 3 rings (SSSR count). The van der Waals surface area contributed by atoms with Gasteiger partial charge in [-0.15, -0.1) is 0 Å². The number of rotatable bonds is 3. The molecule has 20 heavy (non-hydrogen) atoms. The molecule has 0 saturated carbocycles. The molecule has 0 fully saturated rings. The number of fused-ring (bicyclic) bond motifs is 1. The van der Waals surface area contributed by atoms with Crippen LogP contribution in [0.2, 0.25) is 0 Å². The van der Waals surface area contributed by atoms with E-state index in [0.29, 0.717) is 17.2 Å². The lowest BCUT2D eigenvalue weighted by molar-refractivity contribution is 0.0948. The predicted molar refractivity (Wildman–Crippen MR) is 73.6 cm³/mol. The van der Waals surface area contributed by atoms with E-state index in [4.69, 9.17) is 4.42 Å². The van der Waals surface area contributed by atoms with Crippen LogP contribution in [0.15, 0.2) is 27.9 Å². The van der Waals surface area contributed by atoms with Crippen LogP contribution in [0.3, 0.4) is 0 Å². The molecule has 104 valence electrons. The lowest BCUT2D eigenvalue weighted by Crippen LogP contribution is -2.21. The molecule has 2 aromatic heterocycles. The van der Waals surface area contributed by atoms with Crippen molar-refractivity contribution in [2.45, 2.75) is 32.6 Å². The Kier molecular flexibility index (Phi) is 3.37. The third-order valence-corrected chi connectivity index (χ3v) is 3.47. The number of aryl methyl sites for hydroxylation is 1. The van der Waals surface area contributed by atoms with Gasteiger partial charge < -0.3 is 4.42 Å². The van der Waals surface area contributed by atoms with E-state index >= 15 is 0 Å². The first-order valence-electron chi connectivity index (χ1n) is 6.70. The van der Waals surface area contributed by atoms with Gasteiger partial charge >= 0.3 is 0 Å². The van der Waals surface area contributed by atoms with Gasteiger partial charge in [-0.25, -0.2) is 5.43 Å². The van der Waals surface area contributed by atoms with E-state index in [1.165, 1.54) is 0 Å². The molecule has 1 aliphatic rings. The van der Waals surface area contributed by atoms with E-state index < -0.39 is 0 Å². The second-order valence-corrected chi connectivity index (χ2v) is 4.85. The molecule has 2 heterocycles. The minimum absolute atomic E-state index is 0.282. The number of H-pyrrole nitrogens is 1. The van der Waals surface area contributed by atoms with E-state index in [-0.39, 0.29) is 5.91 Å². The number of aromatic nitrogens is 2. The van der Waals surface area contributed by atoms with Crippen LogP contribution in [0.4, 0.5) is 0 Å². The SMILES string of the molecule is CC(=NNC(=O)c1n[nH]c2c1CCCC2)c1ccco1. The third kappa shape index (κ3) is 2.36. The third-order valence-electron chi connectivity index (χ3n) is 3.47. The highest BCUT2D eigenvalue weighted by Gasteiger charge is 2.21. The molecule has 0 aromatic carbocycles. The molecule has 0 aliphatic heterocycles. The highest BCUT2D eigenvalue weighted by Crippen LogP contribution is 2.21. The summed E-state index contributed by atoms with van der Waals surface area (Å²) >= 11 is 0. The minimum Gasteiger partial charge on any atom is -0.463 e. The number of furan rings is 1. The van der Waals surface area contributed by atoms with Crippen molar-refractivity contribution in [3.63, 3.8) is 0 Å². The number of carbonyl (C=O) groups excluding carboxylic acids is 1. The van der Waals surface area contributed by atoms with Crippen molar-refractivity contribution in [1.29, 1.82) is 0 Å². The lowest BCUT2D eigenvalue weighted by Gasteiger charge is -2.10. The second kappa shape index (κ2) is 5.32. The fourth-order valence-electron chi connectivity index (χ4n) is 2.40. The van der Waals surface area contributed by atoms with Crippen molar-refractivity contribution in [1.82, 2.24) is 15.6 Å². The molecule has 1 aliphatic carbocycles. The summed E-state index contributed by atoms with van der Waals surface area (Å²) < 4.78 is 5.20. The van der Waals surface area contributed by atoms with E-state index in [1.807, 2.05) is 0 Å².